The Morgan fingerprint density at radius 3 is 1.29 bits per heavy atom. The van der Waals surface area contributed by atoms with E-state index in [0.29, 0.717) is 78.0 Å². The Bertz CT molecular complexity index is 3400. The normalized spacial score (nSPS) is 11.7. The number of rotatable bonds is 12. The van der Waals surface area contributed by atoms with Gasteiger partial charge in [0.05, 0.1) is 87.4 Å². The molecule has 2 aromatic heterocycles. The van der Waals surface area contributed by atoms with Gasteiger partial charge in [-0.1, -0.05) is 47.5 Å². The van der Waals surface area contributed by atoms with Gasteiger partial charge < -0.3 is 49.4 Å². The van der Waals surface area contributed by atoms with E-state index < -0.39 is 23.6 Å². The summed E-state index contributed by atoms with van der Waals surface area (Å²) >= 11 is 12.7. The predicted octanol–water partition coefficient (Wildman–Crippen LogP) is 2.83. The van der Waals surface area contributed by atoms with Crippen LogP contribution in [0.5, 0.6) is 23.0 Å². The van der Waals surface area contributed by atoms with Gasteiger partial charge in [-0.05, 0) is 72.8 Å². The molecule has 0 aliphatic carbocycles. The molecule has 0 atom stereocenters. The number of benzene rings is 6. The third-order valence-electron chi connectivity index (χ3n) is 11.7. The molecule has 2 aliphatic rings. The minimum atomic E-state index is -1.35. The first-order valence-electron chi connectivity index (χ1n) is 22.2. The van der Waals surface area contributed by atoms with Gasteiger partial charge in [0.1, 0.15) is 34.6 Å². The van der Waals surface area contributed by atoms with Crippen LogP contribution >= 0.6 is 23.2 Å². The largest absolute Gasteiger partial charge is 1.00 e. The zero-order valence-electron chi connectivity index (χ0n) is 41.4. The van der Waals surface area contributed by atoms with Crippen molar-refractivity contribution in [3.63, 3.8) is 0 Å². The van der Waals surface area contributed by atoms with Gasteiger partial charge in [0.2, 0.25) is 11.9 Å². The Kier molecular flexibility index (Phi) is 18.5. The van der Waals surface area contributed by atoms with Crippen molar-refractivity contribution in [2.75, 3.05) is 39.1 Å². The summed E-state index contributed by atoms with van der Waals surface area (Å²) in [6.45, 7) is 0.395. The molecule has 22 heteroatoms. The summed E-state index contributed by atoms with van der Waals surface area (Å²) in [5, 5.41) is 29.6. The van der Waals surface area contributed by atoms with Gasteiger partial charge >= 0.3 is 59.1 Å². The Hall–Kier alpha value is -7.00. The van der Waals surface area contributed by atoms with Crippen molar-refractivity contribution in [1.82, 2.24) is 19.9 Å². The number of carboxylic acid groups (broad SMARTS) is 2. The molecule has 10 rings (SSSR count). The van der Waals surface area contributed by atoms with Crippen LogP contribution in [0.2, 0.25) is 10.0 Å². The Labute approximate surface area is 487 Å². The second kappa shape index (κ2) is 24.8. The third-order valence-corrected chi connectivity index (χ3v) is 12.2. The summed E-state index contributed by atoms with van der Waals surface area (Å²) in [6, 6.07) is 28.6. The monoisotopic (exact) mass is 1080 g/mol. The van der Waals surface area contributed by atoms with Crippen molar-refractivity contribution in [1.29, 1.82) is 0 Å². The van der Waals surface area contributed by atoms with Crippen LogP contribution in [0, 0.1) is 11.6 Å². The van der Waals surface area contributed by atoms with Gasteiger partial charge in [-0.25, -0.2) is 28.7 Å². The number of ether oxygens (including phenoxy) is 4. The van der Waals surface area contributed by atoms with Gasteiger partial charge in [-0.2, -0.15) is 0 Å². The summed E-state index contributed by atoms with van der Waals surface area (Å²) < 4.78 is 51.3. The summed E-state index contributed by atoms with van der Waals surface area (Å²) in [5.74, 6) is -2.16. The zero-order valence-corrected chi connectivity index (χ0v) is 46.9. The van der Waals surface area contributed by atoms with Crippen LogP contribution in [0.4, 0.5) is 32.1 Å². The average molecular weight is 1080 g/mol. The molecule has 76 heavy (non-hydrogen) atoms. The molecular weight excluding hydrogens is 1040 g/mol. The smallest absolute Gasteiger partial charge is 0.545 e. The fourth-order valence-corrected chi connectivity index (χ4v) is 8.68. The first-order chi connectivity index (χ1) is 35.8. The molecule has 16 nitrogen and oxygen atoms in total. The summed E-state index contributed by atoms with van der Waals surface area (Å²) in [5.41, 5.74) is 7.34. The Balaban J connectivity index is 0.000000216. The number of methoxy groups -OCH3 is 4. The number of carbonyl (C=O) groups is 2. The number of nitrogens with zero attached hydrogens (tertiary/aromatic N) is 6. The van der Waals surface area contributed by atoms with E-state index in [1.54, 1.807) is 85.2 Å². The molecule has 0 saturated heterocycles. The third kappa shape index (κ3) is 11.8. The van der Waals surface area contributed by atoms with Crippen molar-refractivity contribution in [3.05, 3.63) is 188 Å². The van der Waals surface area contributed by atoms with E-state index in [2.05, 4.69) is 20.6 Å². The fourth-order valence-electron chi connectivity index (χ4n) is 8.34. The SMILES string of the molecule is COc1cc(Nc2ncc3c(n2)-c2ccc(Cl)cc2C(c2c(F)cccc2OC)=NC3)ccc1C(=O)[O-].COc1cc(Nc2ncc3c(n2)-c2ccc(Cl)cc2C(c2c(F)cccc2OC)=NC3)ccc1C(=O)[O-].[Na+].[Na+]. The van der Waals surface area contributed by atoms with Crippen molar-refractivity contribution >= 4 is 69.8 Å². The van der Waals surface area contributed by atoms with E-state index in [9.17, 15) is 19.8 Å². The quantitative estimate of drug-likeness (QED) is 0.168. The van der Waals surface area contributed by atoms with E-state index in [4.69, 9.17) is 62.1 Å². The second-order valence-corrected chi connectivity index (χ2v) is 17.0. The summed E-state index contributed by atoms with van der Waals surface area (Å²) in [7, 11) is 5.69. The van der Waals surface area contributed by atoms with Crippen LogP contribution in [0.25, 0.3) is 22.5 Å². The number of fused-ring (bicyclic) bond motifs is 6. The Morgan fingerprint density at radius 1 is 0.526 bits per heavy atom. The number of carbonyl (C=O) groups excluding carboxylic acids is 2. The number of hydrogen-bond donors (Lipinski definition) is 2. The zero-order chi connectivity index (χ0) is 52.2. The van der Waals surface area contributed by atoms with E-state index in [1.807, 2.05) is 0 Å². The molecule has 372 valence electrons. The molecule has 0 saturated carbocycles. The number of hydrogen-bond acceptors (Lipinski definition) is 16. The first-order valence-corrected chi connectivity index (χ1v) is 22.9. The van der Waals surface area contributed by atoms with Crippen molar-refractivity contribution in [2.24, 2.45) is 9.98 Å². The molecule has 0 unspecified atom stereocenters. The number of halogens is 4. The van der Waals surface area contributed by atoms with Crippen molar-refractivity contribution in [3.8, 4) is 45.5 Å². The molecule has 6 aromatic carbocycles. The number of nitrogens with one attached hydrogen (secondary N) is 2. The molecule has 8 aromatic rings. The maximum absolute atomic E-state index is 15.0. The number of anilines is 4. The molecule has 0 radical (unpaired) electrons. The topological polar surface area (TPSA) is 218 Å². The maximum Gasteiger partial charge on any atom is 1.00 e. The van der Waals surface area contributed by atoms with Crippen LogP contribution in [-0.2, 0) is 13.1 Å². The molecule has 0 fully saturated rings. The molecule has 2 aliphatic heterocycles. The van der Waals surface area contributed by atoms with Crippen molar-refractivity contribution < 1.29 is 107 Å². The van der Waals surface area contributed by atoms with Gasteiger partial charge in [0.15, 0.2) is 0 Å². The molecule has 0 bridgehead atoms. The van der Waals surface area contributed by atoms with E-state index in [1.165, 1.54) is 64.8 Å². The number of carboxylic acids is 2. The van der Waals surface area contributed by atoms with Crippen molar-refractivity contribution in [2.45, 2.75) is 13.1 Å². The number of aromatic nitrogens is 4. The summed E-state index contributed by atoms with van der Waals surface area (Å²) in [6.07, 6.45) is 3.28. The average Bonchev–Trinajstić information content (AvgIpc) is 3.65. The van der Waals surface area contributed by atoms with E-state index in [0.717, 1.165) is 11.1 Å². The standard InChI is InChI=1S/2C27H20ClFN4O4.2Na/c2*1-36-21-5-3-4-20(29)23(21)25-19-10-15(28)6-8-17(19)24-14(12-30-25)13-31-27(33-24)32-16-7-9-18(26(34)35)22(11-16)37-2;;/h2*3-11,13H,12H2,1-2H3,(H,34,35)(H,31,32,33);;/q;;2*+1/p-2. The first kappa shape index (κ1) is 56.7. The molecule has 4 heterocycles. The van der Waals surface area contributed by atoms with E-state index >= 15 is 8.78 Å². The van der Waals surface area contributed by atoms with Gasteiger partial charge in [0.25, 0.3) is 0 Å². The van der Waals surface area contributed by atoms with E-state index in [-0.39, 0.29) is 118 Å². The maximum atomic E-state index is 15.0. The minimum absolute atomic E-state index is 0. The van der Waals surface area contributed by atoms with Crippen LogP contribution in [0.15, 0.2) is 132 Å². The summed E-state index contributed by atoms with van der Waals surface area (Å²) in [4.78, 5) is 50.2. The number of aromatic carboxylic acids is 2. The molecular formula is C54H38Cl2F2N8Na2O8. The van der Waals surface area contributed by atoms with Crippen LogP contribution < -0.4 is 98.9 Å². The predicted molar refractivity (Wildman–Crippen MR) is 271 cm³/mol. The van der Waals surface area contributed by atoms with Gasteiger partial charge in [-0.3, -0.25) is 9.98 Å². The van der Waals surface area contributed by atoms with Crippen LogP contribution in [0.1, 0.15) is 54.1 Å². The van der Waals surface area contributed by atoms with Crippen LogP contribution in [-0.4, -0.2) is 71.7 Å². The second-order valence-electron chi connectivity index (χ2n) is 16.1. The Morgan fingerprint density at radius 2 is 0.921 bits per heavy atom. The molecule has 0 amide bonds. The molecule has 2 N–H and O–H groups in total. The fraction of sp³-hybridized carbons (Fsp3) is 0.111. The van der Waals surface area contributed by atoms with Gasteiger partial charge in [0, 0.05) is 90.5 Å². The van der Waals surface area contributed by atoms with Gasteiger partial charge in [-0.15, -0.1) is 0 Å². The van der Waals surface area contributed by atoms with Crippen LogP contribution in [0.3, 0.4) is 0 Å². The minimum Gasteiger partial charge on any atom is -0.545 e. The number of aliphatic imine (C=N–C) groups is 2. The molecule has 0 spiro atoms.